The summed E-state index contributed by atoms with van der Waals surface area (Å²) in [6, 6.07) is 9.31. The number of nitrogens with two attached hydrogens (primary N) is 1. The van der Waals surface area contributed by atoms with Crippen LogP contribution in [-0.2, 0) is 14.8 Å². The fourth-order valence-electron chi connectivity index (χ4n) is 2.42. The summed E-state index contributed by atoms with van der Waals surface area (Å²) in [6.45, 7) is 3.06. The zero-order chi connectivity index (χ0) is 18.8. The molecule has 6 nitrogen and oxygen atoms in total. The molecule has 0 atom stereocenters. The normalized spacial score (nSPS) is 11.2. The fourth-order valence-corrected chi connectivity index (χ4v) is 4.36. The number of hydrogen-bond donors (Lipinski definition) is 2. The molecule has 2 rings (SSSR count). The van der Waals surface area contributed by atoms with Crippen LogP contribution in [0.2, 0.25) is 10.0 Å². The first-order valence-electron chi connectivity index (χ1n) is 7.22. The van der Waals surface area contributed by atoms with E-state index in [-0.39, 0.29) is 14.9 Å². The monoisotopic (exact) mass is 401 g/mol. The van der Waals surface area contributed by atoms with Gasteiger partial charge in [0.25, 0.3) is 15.9 Å². The van der Waals surface area contributed by atoms with Crippen LogP contribution in [0.3, 0.4) is 0 Å². The molecule has 0 saturated carbocycles. The maximum absolute atomic E-state index is 13.2. The topological polar surface area (TPSA) is 92.5 Å². The van der Waals surface area contributed by atoms with E-state index in [9.17, 15) is 13.2 Å². The Hall–Kier alpha value is -1.80. The van der Waals surface area contributed by atoms with Crippen molar-refractivity contribution in [1.82, 2.24) is 5.43 Å². The molecule has 2 aromatic carbocycles. The van der Waals surface area contributed by atoms with Crippen LogP contribution in [-0.4, -0.2) is 20.9 Å². The second-order valence-corrected chi connectivity index (χ2v) is 8.07. The first-order valence-corrected chi connectivity index (χ1v) is 9.41. The minimum Gasteiger partial charge on any atom is -0.293 e. The van der Waals surface area contributed by atoms with Gasteiger partial charge in [0.1, 0.15) is 6.54 Å². The lowest BCUT2D eigenvalue weighted by atomic mass is 10.1. The lowest BCUT2D eigenvalue weighted by Gasteiger charge is -2.27. The summed E-state index contributed by atoms with van der Waals surface area (Å²) in [4.78, 5) is 11.8. The Morgan fingerprint density at radius 3 is 2.24 bits per heavy atom. The van der Waals surface area contributed by atoms with Crippen LogP contribution in [0.15, 0.2) is 41.3 Å². The van der Waals surface area contributed by atoms with Crippen LogP contribution in [0, 0.1) is 13.8 Å². The molecule has 0 aliphatic rings. The quantitative estimate of drug-likeness (QED) is 0.457. The smallest absolute Gasteiger partial charge is 0.264 e. The van der Waals surface area contributed by atoms with Gasteiger partial charge in [0.2, 0.25) is 0 Å². The number of nitrogens with zero attached hydrogens (tertiary/aromatic N) is 1. The molecule has 0 heterocycles. The van der Waals surface area contributed by atoms with Crippen molar-refractivity contribution in [1.29, 1.82) is 0 Å². The summed E-state index contributed by atoms with van der Waals surface area (Å²) >= 11 is 11.8. The zero-order valence-corrected chi connectivity index (χ0v) is 15.9. The van der Waals surface area contributed by atoms with E-state index in [1.165, 1.54) is 18.2 Å². The molecule has 0 radical (unpaired) electrons. The molecule has 2 aromatic rings. The average Bonchev–Trinajstić information content (AvgIpc) is 2.55. The highest BCUT2D eigenvalue weighted by atomic mass is 35.5. The van der Waals surface area contributed by atoms with Crippen molar-refractivity contribution in [3.05, 3.63) is 57.6 Å². The largest absolute Gasteiger partial charge is 0.293 e. The number of benzene rings is 2. The maximum Gasteiger partial charge on any atom is 0.264 e. The average molecular weight is 402 g/mol. The number of carbonyl (C=O) groups is 1. The van der Waals surface area contributed by atoms with Gasteiger partial charge >= 0.3 is 0 Å². The number of anilines is 1. The molecule has 9 heteroatoms. The Morgan fingerprint density at radius 1 is 1.12 bits per heavy atom. The van der Waals surface area contributed by atoms with Crippen LogP contribution in [0.25, 0.3) is 0 Å². The van der Waals surface area contributed by atoms with Gasteiger partial charge in [-0.1, -0.05) is 41.4 Å². The molecule has 25 heavy (non-hydrogen) atoms. The van der Waals surface area contributed by atoms with Crippen molar-refractivity contribution >= 4 is 44.8 Å². The molecule has 0 aromatic heterocycles. The van der Waals surface area contributed by atoms with Gasteiger partial charge in [-0.2, -0.15) is 0 Å². The summed E-state index contributed by atoms with van der Waals surface area (Å²) in [7, 11) is -4.07. The molecule has 0 aliphatic heterocycles. The number of rotatable bonds is 5. The Morgan fingerprint density at radius 2 is 1.72 bits per heavy atom. The second-order valence-electron chi connectivity index (χ2n) is 5.40. The Kier molecular flexibility index (Phi) is 5.95. The van der Waals surface area contributed by atoms with Gasteiger partial charge in [-0.15, -0.1) is 0 Å². The fraction of sp³-hybridized carbons (Fsp3) is 0.188. The summed E-state index contributed by atoms with van der Waals surface area (Å²) in [5.74, 6) is 4.49. The number of nitrogens with one attached hydrogen (secondary N) is 1. The van der Waals surface area contributed by atoms with Crippen LogP contribution in [0.5, 0.6) is 0 Å². The molecule has 134 valence electrons. The molecule has 0 fully saturated rings. The molecule has 0 saturated heterocycles. The standard InChI is InChI=1S/C16H17Cl2N3O3S/c1-10-4-3-5-11(2)16(10)21(9-15(22)20-19)25(23,24)12-6-7-13(17)14(18)8-12/h3-8H,9,19H2,1-2H3,(H,20,22). The molecule has 3 N–H and O–H groups in total. The minimum atomic E-state index is -4.07. The first kappa shape index (κ1) is 19.5. The van der Waals surface area contributed by atoms with E-state index in [0.717, 1.165) is 4.31 Å². The summed E-state index contributed by atoms with van der Waals surface area (Å²) in [5.41, 5.74) is 3.77. The number of hydrazine groups is 1. The number of hydrogen-bond acceptors (Lipinski definition) is 4. The first-order chi connectivity index (χ1) is 11.7. The molecular weight excluding hydrogens is 385 g/mol. The van der Waals surface area contributed by atoms with Gasteiger partial charge < -0.3 is 0 Å². The van der Waals surface area contributed by atoms with Crippen molar-refractivity contribution in [2.45, 2.75) is 18.7 Å². The number of amides is 1. The van der Waals surface area contributed by atoms with Gasteiger partial charge in [0.05, 0.1) is 20.6 Å². The molecule has 0 spiro atoms. The van der Waals surface area contributed by atoms with Crippen LogP contribution in [0.4, 0.5) is 5.69 Å². The number of carbonyl (C=O) groups excluding carboxylic acids is 1. The number of aryl methyl sites for hydroxylation is 2. The van der Waals surface area contributed by atoms with Crippen molar-refractivity contribution < 1.29 is 13.2 Å². The third-order valence-electron chi connectivity index (χ3n) is 3.62. The van der Waals surface area contributed by atoms with Crippen LogP contribution < -0.4 is 15.6 Å². The van der Waals surface area contributed by atoms with Gasteiger partial charge in [-0.05, 0) is 43.2 Å². The van der Waals surface area contributed by atoms with E-state index in [1.807, 2.05) is 5.43 Å². The SMILES string of the molecule is Cc1cccc(C)c1N(CC(=O)NN)S(=O)(=O)c1ccc(Cl)c(Cl)c1. The summed E-state index contributed by atoms with van der Waals surface area (Å²) in [5, 5.41) is 0.339. The van der Waals surface area contributed by atoms with Gasteiger partial charge in [-0.3, -0.25) is 14.5 Å². The highest BCUT2D eigenvalue weighted by Gasteiger charge is 2.29. The van der Waals surface area contributed by atoms with E-state index in [0.29, 0.717) is 16.8 Å². The Labute approximate surface area is 156 Å². The highest BCUT2D eigenvalue weighted by molar-refractivity contribution is 7.92. The lowest BCUT2D eigenvalue weighted by molar-refractivity contribution is -0.119. The van der Waals surface area contributed by atoms with Crippen molar-refractivity contribution in [2.24, 2.45) is 5.84 Å². The number of sulfonamides is 1. The van der Waals surface area contributed by atoms with E-state index < -0.39 is 22.5 Å². The van der Waals surface area contributed by atoms with Crippen LogP contribution >= 0.6 is 23.2 Å². The van der Waals surface area contributed by atoms with Gasteiger partial charge in [0.15, 0.2) is 0 Å². The third kappa shape index (κ3) is 4.07. The van der Waals surface area contributed by atoms with Gasteiger partial charge in [0, 0.05) is 0 Å². The predicted octanol–water partition coefficient (Wildman–Crippen LogP) is 2.80. The number of halogens is 2. The van der Waals surface area contributed by atoms with Crippen LogP contribution in [0.1, 0.15) is 11.1 Å². The predicted molar refractivity (Wildman–Crippen MR) is 99.2 cm³/mol. The van der Waals surface area contributed by atoms with Crippen molar-refractivity contribution in [3.63, 3.8) is 0 Å². The molecule has 1 amide bonds. The van der Waals surface area contributed by atoms with E-state index in [2.05, 4.69) is 0 Å². The van der Waals surface area contributed by atoms with Crippen molar-refractivity contribution in [3.8, 4) is 0 Å². The van der Waals surface area contributed by atoms with Crippen molar-refractivity contribution in [2.75, 3.05) is 10.8 Å². The molecule has 0 aliphatic carbocycles. The Bertz CT molecular complexity index is 897. The highest BCUT2D eigenvalue weighted by Crippen LogP contribution is 2.32. The maximum atomic E-state index is 13.2. The summed E-state index contributed by atoms with van der Waals surface area (Å²) in [6.07, 6.45) is 0. The molecule has 0 unspecified atom stereocenters. The zero-order valence-electron chi connectivity index (χ0n) is 13.6. The third-order valence-corrected chi connectivity index (χ3v) is 6.10. The molecule has 0 bridgehead atoms. The minimum absolute atomic E-state index is 0.0747. The Balaban J connectivity index is 2.66. The number of para-hydroxylation sites is 1. The molecular formula is C16H17Cl2N3O3S. The van der Waals surface area contributed by atoms with Gasteiger partial charge in [-0.25, -0.2) is 14.3 Å². The second kappa shape index (κ2) is 7.61. The van der Waals surface area contributed by atoms with E-state index in [1.54, 1.807) is 32.0 Å². The lowest BCUT2D eigenvalue weighted by Crippen LogP contribution is -2.43. The van der Waals surface area contributed by atoms with E-state index in [4.69, 9.17) is 29.0 Å². The van der Waals surface area contributed by atoms with E-state index >= 15 is 0 Å². The summed E-state index contributed by atoms with van der Waals surface area (Å²) < 4.78 is 27.3.